The van der Waals surface area contributed by atoms with Gasteiger partial charge in [0.15, 0.2) is 0 Å². The third-order valence-electron chi connectivity index (χ3n) is 4.91. The largest absolute Gasteiger partial charge is 0.487 e. The zero-order valence-electron chi connectivity index (χ0n) is 12.0. The lowest BCUT2D eigenvalue weighted by Gasteiger charge is -2.40. The topological polar surface area (TPSA) is 29.5 Å². The molecule has 1 heterocycles. The number of para-hydroxylation sites is 1. The van der Waals surface area contributed by atoms with E-state index < -0.39 is 0 Å². The zero-order chi connectivity index (χ0) is 13.5. The highest BCUT2D eigenvalue weighted by atomic mass is 16.5. The number of rotatable bonds is 0. The number of ether oxygens (including phenoxy) is 1. The molecule has 0 amide bonds. The van der Waals surface area contributed by atoms with Gasteiger partial charge in [-0.3, -0.25) is 0 Å². The molecular formula is C17H24O2. The van der Waals surface area contributed by atoms with Crippen LogP contribution in [0.5, 0.6) is 5.75 Å². The second-order valence-electron chi connectivity index (χ2n) is 7.06. The van der Waals surface area contributed by atoms with E-state index in [1.165, 1.54) is 19.3 Å². The van der Waals surface area contributed by atoms with Gasteiger partial charge in [-0.2, -0.15) is 0 Å². The lowest BCUT2D eigenvalue weighted by molar-refractivity contribution is -0.0260. The Morgan fingerprint density at radius 2 is 1.89 bits per heavy atom. The van der Waals surface area contributed by atoms with Crippen molar-refractivity contribution in [2.24, 2.45) is 5.41 Å². The Hall–Kier alpha value is -1.02. The van der Waals surface area contributed by atoms with Crippen molar-refractivity contribution in [3.63, 3.8) is 0 Å². The van der Waals surface area contributed by atoms with Crippen LogP contribution in [0.1, 0.15) is 64.0 Å². The third-order valence-corrected chi connectivity index (χ3v) is 4.91. The number of hydrogen-bond donors (Lipinski definition) is 1. The Balaban J connectivity index is 1.87. The molecule has 19 heavy (non-hydrogen) atoms. The summed E-state index contributed by atoms with van der Waals surface area (Å²) in [6.45, 7) is 4.69. The number of aliphatic hydroxyl groups is 1. The van der Waals surface area contributed by atoms with Gasteiger partial charge in [-0.25, -0.2) is 0 Å². The van der Waals surface area contributed by atoms with Gasteiger partial charge in [0.2, 0.25) is 0 Å². The molecule has 1 aliphatic heterocycles. The Morgan fingerprint density at radius 3 is 2.74 bits per heavy atom. The first-order valence-corrected chi connectivity index (χ1v) is 7.46. The van der Waals surface area contributed by atoms with Gasteiger partial charge in [0.05, 0.1) is 6.10 Å². The van der Waals surface area contributed by atoms with Crippen molar-refractivity contribution in [3.05, 3.63) is 29.8 Å². The number of hydrogen-bond acceptors (Lipinski definition) is 2. The Bertz CT molecular complexity index is 466. The summed E-state index contributed by atoms with van der Waals surface area (Å²) in [5.74, 6) is 0.890. The van der Waals surface area contributed by atoms with Gasteiger partial charge in [0.1, 0.15) is 11.4 Å². The second-order valence-corrected chi connectivity index (χ2v) is 7.06. The van der Waals surface area contributed by atoms with E-state index >= 15 is 0 Å². The van der Waals surface area contributed by atoms with Crippen molar-refractivity contribution in [1.29, 1.82) is 0 Å². The molecular weight excluding hydrogens is 236 g/mol. The molecule has 0 radical (unpaired) electrons. The number of aliphatic hydroxyl groups excluding tert-OH is 1. The van der Waals surface area contributed by atoms with E-state index in [0.29, 0.717) is 5.41 Å². The van der Waals surface area contributed by atoms with Crippen LogP contribution in [0, 0.1) is 5.41 Å². The van der Waals surface area contributed by atoms with Gasteiger partial charge in [0.25, 0.3) is 0 Å². The van der Waals surface area contributed by atoms with Gasteiger partial charge in [-0.1, -0.05) is 32.0 Å². The molecule has 1 aromatic carbocycles. The Morgan fingerprint density at radius 1 is 1.11 bits per heavy atom. The molecule has 2 aliphatic rings. The predicted molar refractivity (Wildman–Crippen MR) is 76.2 cm³/mol. The maximum absolute atomic E-state index is 10.4. The van der Waals surface area contributed by atoms with Gasteiger partial charge in [-0.05, 0) is 43.6 Å². The standard InChI is InChI=1S/C17H24O2/c1-16(2)8-5-9-17(11-10-16)12-14(18)13-6-3-4-7-15(13)19-17/h3-4,6-7,14,18H,5,8-12H2,1-2H3. The first kappa shape index (κ1) is 13.0. The van der Waals surface area contributed by atoms with Crippen LogP contribution in [0.4, 0.5) is 0 Å². The monoisotopic (exact) mass is 260 g/mol. The summed E-state index contributed by atoms with van der Waals surface area (Å²) in [6.07, 6.45) is 6.15. The molecule has 2 unspecified atom stereocenters. The van der Waals surface area contributed by atoms with E-state index in [4.69, 9.17) is 4.74 Å². The van der Waals surface area contributed by atoms with Crippen LogP contribution in [0.15, 0.2) is 24.3 Å². The minimum Gasteiger partial charge on any atom is -0.487 e. The third kappa shape index (κ3) is 2.51. The molecule has 104 valence electrons. The molecule has 1 spiro atoms. The van der Waals surface area contributed by atoms with Crippen molar-refractivity contribution in [1.82, 2.24) is 0 Å². The Labute approximate surface area is 115 Å². The maximum Gasteiger partial charge on any atom is 0.125 e. The fraction of sp³-hybridized carbons (Fsp3) is 0.647. The van der Waals surface area contributed by atoms with Gasteiger partial charge >= 0.3 is 0 Å². The molecule has 1 saturated carbocycles. The van der Waals surface area contributed by atoms with Gasteiger partial charge < -0.3 is 9.84 Å². The van der Waals surface area contributed by atoms with Crippen LogP contribution in [0.3, 0.4) is 0 Å². The number of benzene rings is 1. The van der Waals surface area contributed by atoms with Crippen LogP contribution in [0.25, 0.3) is 0 Å². The zero-order valence-corrected chi connectivity index (χ0v) is 12.0. The lowest BCUT2D eigenvalue weighted by atomic mass is 9.81. The minimum atomic E-state index is -0.369. The van der Waals surface area contributed by atoms with Gasteiger partial charge in [0, 0.05) is 12.0 Å². The summed E-state index contributed by atoms with van der Waals surface area (Å²) >= 11 is 0. The minimum absolute atomic E-state index is 0.137. The van der Waals surface area contributed by atoms with Crippen LogP contribution >= 0.6 is 0 Å². The summed E-state index contributed by atoms with van der Waals surface area (Å²) in [6, 6.07) is 7.94. The fourth-order valence-electron chi connectivity index (χ4n) is 3.60. The van der Waals surface area contributed by atoms with Crippen molar-refractivity contribution < 1.29 is 9.84 Å². The van der Waals surface area contributed by atoms with E-state index in [2.05, 4.69) is 13.8 Å². The summed E-state index contributed by atoms with van der Waals surface area (Å²) in [4.78, 5) is 0. The molecule has 0 bridgehead atoms. The second kappa shape index (κ2) is 4.52. The van der Waals surface area contributed by atoms with E-state index in [1.807, 2.05) is 24.3 Å². The van der Waals surface area contributed by atoms with E-state index in [9.17, 15) is 5.11 Å². The molecule has 2 nitrogen and oxygen atoms in total. The van der Waals surface area contributed by atoms with Crippen LogP contribution in [-0.2, 0) is 0 Å². The van der Waals surface area contributed by atoms with E-state index in [1.54, 1.807) is 0 Å². The molecule has 3 rings (SSSR count). The lowest BCUT2D eigenvalue weighted by Crippen LogP contribution is -2.40. The SMILES string of the molecule is CC1(C)CCCC2(CC1)CC(O)c1ccccc1O2. The van der Waals surface area contributed by atoms with E-state index in [-0.39, 0.29) is 11.7 Å². The van der Waals surface area contributed by atoms with Crippen molar-refractivity contribution >= 4 is 0 Å². The van der Waals surface area contributed by atoms with Crippen LogP contribution < -0.4 is 4.74 Å². The summed E-state index contributed by atoms with van der Waals surface area (Å²) in [5, 5.41) is 10.4. The molecule has 0 aromatic heterocycles. The first-order valence-electron chi connectivity index (χ1n) is 7.46. The highest BCUT2D eigenvalue weighted by Crippen LogP contribution is 2.48. The first-order chi connectivity index (χ1) is 9.00. The smallest absolute Gasteiger partial charge is 0.125 e. The highest BCUT2D eigenvalue weighted by molar-refractivity contribution is 5.38. The summed E-state index contributed by atoms with van der Waals surface area (Å²) in [7, 11) is 0. The molecule has 1 N–H and O–H groups in total. The van der Waals surface area contributed by atoms with Crippen molar-refractivity contribution in [3.8, 4) is 5.75 Å². The molecule has 1 aromatic rings. The predicted octanol–water partition coefficient (Wildman–Crippen LogP) is 4.23. The molecule has 1 aliphatic carbocycles. The fourth-order valence-corrected chi connectivity index (χ4v) is 3.60. The van der Waals surface area contributed by atoms with Crippen LogP contribution in [-0.4, -0.2) is 10.7 Å². The molecule has 0 saturated heterocycles. The molecule has 2 heteroatoms. The molecule has 2 atom stereocenters. The highest BCUT2D eigenvalue weighted by Gasteiger charge is 2.42. The van der Waals surface area contributed by atoms with Crippen LogP contribution in [0.2, 0.25) is 0 Å². The van der Waals surface area contributed by atoms with E-state index in [0.717, 1.165) is 30.6 Å². The van der Waals surface area contributed by atoms with Gasteiger partial charge in [-0.15, -0.1) is 0 Å². The average molecular weight is 260 g/mol. The molecule has 1 fully saturated rings. The maximum atomic E-state index is 10.4. The normalized spacial score (nSPS) is 33.3. The Kier molecular flexibility index (Phi) is 3.09. The van der Waals surface area contributed by atoms with Crippen molar-refractivity contribution in [2.75, 3.05) is 0 Å². The summed E-state index contributed by atoms with van der Waals surface area (Å²) < 4.78 is 6.34. The number of fused-ring (bicyclic) bond motifs is 1. The average Bonchev–Trinajstić information content (AvgIpc) is 2.49. The van der Waals surface area contributed by atoms with Crippen molar-refractivity contribution in [2.45, 2.75) is 64.1 Å². The summed E-state index contributed by atoms with van der Waals surface area (Å²) in [5.41, 5.74) is 1.23. The quantitative estimate of drug-likeness (QED) is 0.756.